The van der Waals surface area contributed by atoms with Crippen LogP contribution in [-0.2, 0) is 11.2 Å². The van der Waals surface area contributed by atoms with E-state index in [4.69, 9.17) is 4.74 Å². The first kappa shape index (κ1) is 16.7. The molecule has 1 aromatic heterocycles. The van der Waals surface area contributed by atoms with E-state index < -0.39 is 0 Å². The number of H-pyrrole nitrogens is 1. The van der Waals surface area contributed by atoms with E-state index in [9.17, 15) is 4.79 Å². The second kappa shape index (κ2) is 7.62. The zero-order chi connectivity index (χ0) is 16.9. The Morgan fingerprint density at radius 1 is 1.38 bits per heavy atom. The van der Waals surface area contributed by atoms with Crippen LogP contribution in [0.4, 0.5) is 0 Å². The zero-order valence-electron chi connectivity index (χ0n) is 14.4. The average Bonchev–Trinajstić information content (AvgIpc) is 3.22. The van der Waals surface area contributed by atoms with Gasteiger partial charge in [-0.15, -0.1) is 0 Å². The summed E-state index contributed by atoms with van der Waals surface area (Å²) in [5.41, 5.74) is 3.28. The first-order valence-corrected chi connectivity index (χ1v) is 8.73. The van der Waals surface area contributed by atoms with Crippen molar-refractivity contribution in [1.82, 2.24) is 9.78 Å². The Morgan fingerprint density at radius 2 is 2.17 bits per heavy atom. The van der Waals surface area contributed by atoms with Crippen molar-refractivity contribution in [2.24, 2.45) is 4.99 Å². The molecule has 1 aliphatic rings. The fourth-order valence-corrected chi connectivity index (χ4v) is 3.15. The van der Waals surface area contributed by atoms with Crippen molar-refractivity contribution in [2.45, 2.75) is 45.6 Å². The number of nitrogens with one attached hydrogen (secondary N) is 1. The van der Waals surface area contributed by atoms with Crippen LogP contribution in [-0.4, -0.2) is 34.7 Å². The summed E-state index contributed by atoms with van der Waals surface area (Å²) in [6.07, 6.45) is 4.16. The number of rotatable bonds is 6. The molecular weight excluding hydrogens is 302 g/mol. The quantitative estimate of drug-likeness (QED) is 0.829. The number of hydrogen-bond acceptors (Lipinski definition) is 3. The topological polar surface area (TPSA) is 59.4 Å². The fraction of sp³-hybridized carbons (Fsp3) is 0.474. The normalized spacial score (nSPS) is 18.2. The van der Waals surface area contributed by atoms with Gasteiger partial charge in [-0.25, -0.2) is 4.68 Å². The average molecular weight is 327 g/mol. The van der Waals surface area contributed by atoms with Gasteiger partial charge < -0.3 is 4.74 Å². The molecule has 3 rings (SSSR count). The minimum Gasteiger partial charge on any atom is -0.376 e. The highest BCUT2D eigenvalue weighted by Crippen LogP contribution is 2.14. The van der Waals surface area contributed by atoms with Crippen LogP contribution in [0.25, 0.3) is 5.69 Å². The number of aliphatic imine (C=N–C) groups is 1. The van der Waals surface area contributed by atoms with E-state index in [-0.39, 0.29) is 11.7 Å². The van der Waals surface area contributed by atoms with Gasteiger partial charge in [0.2, 0.25) is 0 Å². The van der Waals surface area contributed by atoms with E-state index in [0.29, 0.717) is 12.1 Å². The number of nitrogens with zero attached hydrogens (tertiary/aromatic N) is 2. The molecule has 1 aliphatic heterocycles. The van der Waals surface area contributed by atoms with Crippen LogP contribution in [0.5, 0.6) is 0 Å². The van der Waals surface area contributed by atoms with Gasteiger partial charge in [-0.3, -0.25) is 14.9 Å². The molecule has 0 aliphatic carbocycles. The maximum Gasteiger partial charge on any atom is 0.280 e. The molecule has 2 aromatic rings. The predicted octanol–water partition coefficient (Wildman–Crippen LogP) is 3.11. The number of ether oxygens (including phenoxy) is 1. The lowest BCUT2D eigenvalue weighted by Crippen LogP contribution is -2.20. The van der Waals surface area contributed by atoms with Crippen LogP contribution in [0.3, 0.4) is 0 Å². The predicted molar refractivity (Wildman–Crippen MR) is 96.4 cm³/mol. The van der Waals surface area contributed by atoms with Crippen molar-refractivity contribution in [1.29, 1.82) is 0 Å². The molecule has 0 spiro atoms. The monoisotopic (exact) mass is 327 g/mol. The second-order valence-corrected chi connectivity index (χ2v) is 6.25. The Morgan fingerprint density at radius 3 is 2.83 bits per heavy atom. The molecule has 2 heterocycles. The first-order chi connectivity index (χ1) is 11.7. The number of para-hydroxylation sites is 1. The van der Waals surface area contributed by atoms with Gasteiger partial charge in [0.15, 0.2) is 0 Å². The molecule has 0 amide bonds. The van der Waals surface area contributed by atoms with Crippen LogP contribution in [0, 0.1) is 0 Å². The van der Waals surface area contributed by atoms with Crippen LogP contribution in [0.2, 0.25) is 0 Å². The highest BCUT2D eigenvalue weighted by molar-refractivity contribution is 5.99. The van der Waals surface area contributed by atoms with Gasteiger partial charge in [0.05, 0.1) is 23.9 Å². The summed E-state index contributed by atoms with van der Waals surface area (Å²) in [5, 5.41) is 3.27. The van der Waals surface area contributed by atoms with Gasteiger partial charge in [0, 0.05) is 18.0 Å². The molecule has 0 radical (unpaired) electrons. The van der Waals surface area contributed by atoms with E-state index >= 15 is 0 Å². The van der Waals surface area contributed by atoms with Crippen LogP contribution in [0.1, 0.15) is 44.4 Å². The van der Waals surface area contributed by atoms with E-state index in [1.165, 1.54) is 0 Å². The van der Waals surface area contributed by atoms with Gasteiger partial charge in [-0.2, -0.15) is 0 Å². The Kier molecular flexibility index (Phi) is 5.30. The number of hydrogen-bond donors (Lipinski definition) is 1. The third-order valence-electron chi connectivity index (χ3n) is 4.40. The third-order valence-corrected chi connectivity index (χ3v) is 4.40. The standard InChI is InChI=1S/C19H25N3O2/c1-3-8-17-18(14(2)20-13-16-11-7-12-24-16)19(23)22(21-17)15-9-5-4-6-10-15/h4-6,9-10,16,21H,3,7-8,11-13H2,1-2H3. The molecular formula is C19H25N3O2. The fourth-order valence-electron chi connectivity index (χ4n) is 3.15. The van der Waals surface area contributed by atoms with Gasteiger partial charge in [0.1, 0.15) is 0 Å². The Bertz CT molecular complexity index is 753. The molecule has 0 saturated carbocycles. The van der Waals surface area contributed by atoms with E-state index in [0.717, 1.165) is 49.4 Å². The lowest BCUT2D eigenvalue weighted by molar-refractivity contribution is 0.118. The maximum atomic E-state index is 12.9. The third kappa shape index (κ3) is 3.51. The molecule has 128 valence electrons. The SMILES string of the molecule is CCCc1[nH]n(-c2ccccc2)c(=O)c1C(C)=NCC1CCCO1. The molecule has 0 bridgehead atoms. The van der Waals surface area contributed by atoms with Crippen molar-refractivity contribution >= 4 is 5.71 Å². The van der Waals surface area contributed by atoms with Crippen molar-refractivity contribution in [3.63, 3.8) is 0 Å². The summed E-state index contributed by atoms with van der Waals surface area (Å²) in [6, 6.07) is 9.66. The summed E-state index contributed by atoms with van der Waals surface area (Å²) < 4.78 is 7.24. The molecule has 1 fully saturated rings. The highest BCUT2D eigenvalue weighted by atomic mass is 16.5. The molecule has 5 heteroatoms. The summed E-state index contributed by atoms with van der Waals surface area (Å²) in [4.78, 5) is 17.6. The first-order valence-electron chi connectivity index (χ1n) is 8.73. The molecule has 1 unspecified atom stereocenters. The summed E-state index contributed by atoms with van der Waals surface area (Å²) in [7, 11) is 0. The van der Waals surface area contributed by atoms with Crippen molar-refractivity contribution in [2.75, 3.05) is 13.2 Å². The second-order valence-electron chi connectivity index (χ2n) is 6.25. The lowest BCUT2D eigenvalue weighted by atomic mass is 10.1. The van der Waals surface area contributed by atoms with Gasteiger partial charge in [-0.1, -0.05) is 31.5 Å². The largest absolute Gasteiger partial charge is 0.376 e. The smallest absolute Gasteiger partial charge is 0.280 e. The number of aryl methyl sites for hydroxylation is 1. The summed E-state index contributed by atoms with van der Waals surface area (Å²) >= 11 is 0. The minimum atomic E-state index is -0.0294. The van der Waals surface area contributed by atoms with Crippen LogP contribution < -0.4 is 5.56 Å². The maximum absolute atomic E-state index is 12.9. The number of aromatic amines is 1. The summed E-state index contributed by atoms with van der Waals surface area (Å²) in [5.74, 6) is 0. The molecule has 1 saturated heterocycles. The minimum absolute atomic E-state index is 0.0294. The van der Waals surface area contributed by atoms with E-state index in [1.54, 1.807) is 4.68 Å². The molecule has 1 atom stereocenters. The van der Waals surface area contributed by atoms with Gasteiger partial charge in [-0.05, 0) is 38.3 Å². The number of benzene rings is 1. The van der Waals surface area contributed by atoms with Crippen LogP contribution in [0.15, 0.2) is 40.1 Å². The van der Waals surface area contributed by atoms with Gasteiger partial charge >= 0.3 is 0 Å². The number of aromatic nitrogens is 2. The van der Waals surface area contributed by atoms with Crippen molar-refractivity contribution in [3.05, 3.63) is 51.9 Å². The lowest BCUT2D eigenvalue weighted by Gasteiger charge is -2.06. The van der Waals surface area contributed by atoms with Crippen molar-refractivity contribution in [3.8, 4) is 5.69 Å². The summed E-state index contributed by atoms with van der Waals surface area (Å²) in [6.45, 7) is 5.49. The Labute approximate surface area is 142 Å². The van der Waals surface area contributed by atoms with E-state index in [1.807, 2.05) is 37.3 Å². The van der Waals surface area contributed by atoms with Crippen LogP contribution >= 0.6 is 0 Å². The zero-order valence-corrected chi connectivity index (χ0v) is 14.4. The van der Waals surface area contributed by atoms with Crippen molar-refractivity contribution < 1.29 is 4.74 Å². The molecule has 1 aromatic carbocycles. The molecule has 24 heavy (non-hydrogen) atoms. The van der Waals surface area contributed by atoms with E-state index in [2.05, 4.69) is 17.0 Å². The highest BCUT2D eigenvalue weighted by Gasteiger charge is 2.19. The van der Waals surface area contributed by atoms with Gasteiger partial charge in [0.25, 0.3) is 5.56 Å². The Hall–Kier alpha value is -2.14. The Balaban J connectivity index is 1.94. The molecule has 1 N–H and O–H groups in total. The molecule has 5 nitrogen and oxygen atoms in total.